The number of rotatable bonds is 5. The Hall–Kier alpha value is -0.390. The molecule has 1 aliphatic rings. The molecular formula is C13H22BrN3O. The number of ether oxygens (including phenoxy) is 1. The first-order valence-corrected chi connectivity index (χ1v) is 7.24. The zero-order valence-corrected chi connectivity index (χ0v) is 13.2. The minimum absolute atomic E-state index is 0.00631. The summed E-state index contributed by atoms with van der Waals surface area (Å²) in [5.41, 5.74) is 2.28. The molecule has 1 unspecified atom stereocenters. The Morgan fingerprint density at radius 1 is 1.56 bits per heavy atom. The molecule has 1 heterocycles. The van der Waals surface area contributed by atoms with Crippen LogP contribution >= 0.6 is 15.9 Å². The molecular weight excluding hydrogens is 294 g/mol. The van der Waals surface area contributed by atoms with E-state index < -0.39 is 0 Å². The summed E-state index contributed by atoms with van der Waals surface area (Å²) < 4.78 is 8.86. The topological polar surface area (TPSA) is 39.1 Å². The molecule has 1 N–H and O–H groups in total. The van der Waals surface area contributed by atoms with Gasteiger partial charge >= 0.3 is 0 Å². The van der Waals surface area contributed by atoms with E-state index in [4.69, 9.17) is 4.74 Å². The molecule has 0 aromatic carbocycles. The quantitative estimate of drug-likeness (QED) is 0.905. The number of aryl methyl sites for hydroxylation is 2. The molecule has 2 rings (SSSR count). The summed E-state index contributed by atoms with van der Waals surface area (Å²) in [5, 5.41) is 7.87. The summed E-state index contributed by atoms with van der Waals surface area (Å²) in [7, 11) is 5.84. The molecule has 5 heteroatoms. The van der Waals surface area contributed by atoms with Crippen LogP contribution in [0.3, 0.4) is 0 Å². The second kappa shape index (κ2) is 5.31. The SMILES string of the molecule is CNC(Cc1c(Br)c(C)nn1C)C1(OC)CCC1. The molecule has 1 aliphatic carbocycles. The molecule has 18 heavy (non-hydrogen) atoms. The van der Waals surface area contributed by atoms with Gasteiger partial charge in [-0.3, -0.25) is 4.68 Å². The third-order valence-electron chi connectivity index (χ3n) is 4.25. The van der Waals surface area contributed by atoms with Crippen molar-refractivity contribution in [3.63, 3.8) is 0 Å². The molecule has 1 fully saturated rings. The van der Waals surface area contributed by atoms with Crippen molar-refractivity contribution in [2.45, 2.75) is 44.2 Å². The van der Waals surface area contributed by atoms with Crippen molar-refractivity contribution >= 4 is 15.9 Å². The van der Waals surface area contributed by atoms with Crippen molar-refractivity contribution in [3.8, 4) is 0 Å². The predicted molar refractivity (Wildman–Crippen MR) is 75.8 cm³/mol. The van der Waals surface area contributed by atoms with Gasteiger partial charge in [0.15, 0.2) is 0 Å². The Morgan fingerprint density at radius 3 is 2.56 bits per heavy atom. The van der Waals surface area contributed by atoms with Crippen LogP contribution in [0.1, 0.15) is 30.7 Å². The lowest BCUT2D eigenvalue weighted by atomic mass is 9.73. The second-order valence-corrected chi connectivity index (χ2v) is 5.93. The lowest BCUT2D eigenvalue weighted by molar-refractivity contribution is -0.0969. The normalized spacial score (nSPS) is 19.6. The predicted octanol–water partition coefficient (Wildman–Crippen LogP) is 2.19. The largest absolute Gasteiger partial charge is 0.377 e. The highest BCUT2D eigenvalue weighted by Gasteiger charge is 2.44. The molecule has 0 bridgehead atoms. The van der Waals surface area contributed by atoms with Crippen LogP contribution in [0.5, 0.6) is 0 Å². The molecule has 0 saturated heterocycles. The number of halogens is 1. The average molecular weight is 316 g/mol. The minimum Gasteiger partial charge on any atom is -0.377 e. The van der Waals surface area contributed by atoms with E-state index in [1.807, 2.05) is 32.8 Å². The Labute approximate surface area is 117 Å². The number of hydrogen-bond acceptors (Lipinski definition) is 3. The van der Waals surface area contributed by atoms with Crippen LogP contribution in [-0.4, -0.2) is 35.6 Å². The molecule has 0 amide bonds. The summed E-state index contributed by atoms with van der Waals surface area (Å²) in [4.78, 5) is 0. The summed E-state index contributed by atoms with van der Waals surface area (Å²) in [6, 6.07) is 0.336. The highest BCUT2D eigenvalue weighted by atomic mass is 79.9. The van der Waals surface area contributed by atoms with Gasteiger partial charge < -0.3 is 10.1 Å². The van der Waals surface area contributed by atoms with E-state index in [-0.39, 0.29) is 5.60 Å². The van der Waals surface area contributed by atoms with E-state index in [1.165, 1.54) is 12.1 Å². The maximum Gasteiger partial charge on any atom is 0.0834 e. The van der Waals surface area contributed by atoms with Crippen molar-refractivity contribution in [2.24, 2.45) is 7.05 Å². The summed E-state index contributed by atoms with van der Waals surface area (Å²) in [6.07, 6.45) is 4.48. The van der Waals surface area contributed by atoms with Crippen molar-refractivity contribution < 1.29 is 4.74 Å². The van der Waals surface area contributed by atoms with E-state index in [9.17, 15) is 0 Å². The highest BCUT2D eigenvalue weighted by Crippen LogP contribution is 2.39. The van der Waals surface area contributed by atoms with Gasteiger partial charge in [-0.1, -0.05) is 0 Å². The Morgan fingerprint density at radius 2 is 2.22 bits per heavy atom. The molecule has 1 aromatic rings. The van der Waals surface area contributed by atoms with Crippen LogP contribution in [0.25, 0.3) is 0 Å². The van der Waals surface area contributed by atoms with Crippen molar-refractivity contribution in [1.82, 2.24) is 15.1 Å². The summed E-state index contributed by atoms with van der Waals surface area (Å²) >= 11 is 3.64. The maximum atomic E-state index is 5.78. The van der Waals surface area contributed by atoms with Gasteiger partial charge in [-0.05, 0) is 49.2 Å². The standard InChI is InChI=1S/C13H22BrN3O/c1-9-12(14)10(17(3)16-9)8-11(15-2)13(18-4)6-5-7-13/h11,15H,5-8H2,1-4H3. The van der Waals surface area contributed by atoms with Gasteiger partial charge in [-0.25, -0.2) is 0 Å². The average Bonchev–Trinajstić information content (AvgIpc) is 2.53. The lowest BCUT2D eigenvalue weighted by Gasteiger charge is -2.46. The van der Waals surface area contributed by atoms with E-state index in [1.54, 1.807) is 0 Å². The molecule has 4 nitrogen and oxygen atoms in total. The van der Waals surface area contributed by atoms with Crippen LogP contribution in [-0.2, 0) is 18.2 Å². The zero-order chi connectivity index (χ0) is 13.3. The Kier molecular flexibility index (Phi) is 4.14. The van der Waals surface area contributed by atoms with Gasteiger partial charge in [0, 0.05) is 26.6 Å². The number of likely N-dealkylation sites (N-methyl/N-ethyl adjacent to an activating group) is 1. The first-order valence-electron chi connectivity index (χ1n) is 6.44. The summed E-state index contributed by atoms with van der Waals surface area (Å²) in [6.45, 7) is 2.03. The van der Waals surface area contributed by atoms with Crippen molar-refractivity contribution in [1.29, 1.82) is 0 Å². The van der Waals surface area contributed by atoms with Gasteiger partial charge in [0.2, 0.25) is 0 Å². The fraction of sp³-hybridized carbons (Fsp3) is 0.769. The highest BCUT2D eigenvalue weighted by molar-refractivity contribution is 9.10. The molecule has 0 aliphatic heterocycles. The van der Waals surface area contributed by atoms with Crippen molar-refractivity contribution in [3.05, 3.63) is 15.9 Å². The Balaban J connectivity index is 2.20. The number of nitrogens with zero attached hydrogens (tertiary/aromatic N) is 2. The van der Waals surface area contributed by atoms with Crippen LogP contribution in [0.15, 0.2) is 4.47 Å². The van der Waals surface area contributed by atoms with E-state index in [0.717, 1.165) is 29.4 Å². The van der Waals surface area contributed by atoms with Gasteiger partial charge in [0.1, 0.15) is 0 Å². The Bertz CT molecular complexity index is 421. The van der Waals surface area contributed by atoms with Crippen LogP contribution in [0, 0.1) is 6.92 Å². The maximum absolute atomic E-state index is 5.78. The number of hydrogen-bond donors (Lipinski definition) is 1. The fourth-order valence-corrected chi connectivity index (χ4v) is 3.36. The molecule has 1 saturated carbocycles. The van der Waals surface area contributed by atoms with Crippen LogP contribution in [0.4, 0.5) is 0 Å². The monoisotopic (exact) mass is 315 g/mol. The third-order valence-corrected chi connectivity index (χ3v) is 5.28. The van der Waals surface area contributed by atoms with Crippen LogP contribution in [0.2, 0.25) is 0 Å². The van der Waals surface area contributed by atoms with Crippen LogP contribution < -0.4 is 5.32 Å². The summed E-state index contributed by atoms with van der Waals surface area (Å²) in [5.74, 6) is 0. The molecule has 0 radical (unpaired) electrons. The van der Waals surface area contributed by atoms with E-state index in [2.05, 4.69) is 26.3 Å². The first kappa shape index (κ1) is 14.0. The molecule has 1 atom stereocenters. The molecule has 0 spiro atoms. The molecule has 102 valence electrons. The zero-order valence-electron chi connectivity index (χ0n) is 11.6. The van der Waals surface area contributed by atoms with E-state index >= 15 is 0 Å². The van der Waals surface area contributed by atoms with Crippen molar-refractivity contribution in [2.75, 3.05) is 14.2 Å². The van der Waals surface area contributed by atoms with Gasteiger partial charge in [0.05, 0.1) is 21.5 Å². The number of aromatic nitrogens is 2. The third kappa shape index (κ3) is 2.24. The second-order valence-electron chi connectivity index (χ2n) is 5.14. The minimum atomic E-state index is 0.00631. The van der Waals surface area contributed by atoms with Gasteiger partial charge in [-0.2, -0.15) is 5.10 Å². The van der Waals surface area contributed by atoms with Gasteiger partial charge in [0.25, 0.3) is 0 Å². The lowest BCUT2D eigenvalue weighted by Crippen LogP contribution is -2.56. The number of nitrogens with one attached hydrogen (secondary N) is 1. The number of methoxy groups -OCH3 is 1. The molecule has 1 aromatic heterocycles. The fourth-order valence-electron chi connectivity index (χ4n) is 2.87. The van der Waals surface area contributed by atoms with Gasteiger partial charge in [-0.15, -0.1) is 0 Å². The smallest absolute Gasteiger partial charge is 0.0834 e. The van der Waals surface area contributed by atoms with E-state index in [0.29, 0.717) is 6.04 Å². The first-order chi connectivity index (χ1) is 8.54.